The zero-order valence-corrected chi connectivity index (χ0v) is 13.8. The molecule has 2 aromatic rings. The van der Waals surface area contributed by atoms with Gasteiger partial charge in [0.15, 0.2) is 5.78 Å². The molecule has 0 bridgehead atoms. The summed E-state index contributed by atoms with van der Waals surface area (Å²) in [5, 5.41) is 14.7. The van der Waals surface area contributed by atoms with E-state index in [1.54, 1.807) is 29.5 Å². The zero-order valence-electron chi connectivity index (χ0n) is 13.0. The van der Waals surface area contributed by atoms with Crippen molar-refractivity contribution in [2.75, 3.05) is 0 Å². The second kappa shape index (κ2) is 5.91. The number of amides is 1. The van der Waals surface area contributed by atoms with Crippen LogP contribution in [0, 0.1) is 0 Å². The van der Waals surface area contributed by atoms with Crippen molar-refractivity contribution in [3.63, 3.8) is 0 Å². The van der Waals surface area contributed by atoms with Crippen LogP contribution in [0.25, 0.3) is 0 Å². The number of thiophene rings is 1. The van der Waals surface area contributed by atoms with Crippen molar-refractivity contribution in [1.82, 2.24) is 5.32 Å². The van der Waals surface area contributed by atoms with E-state index in [-0.39, 0.29) is 35.7 Å². The quantitative estimate of drug-likeness (QED) is 0.880. The zero-order chi connectivity index (χ0) is 16.7. The molecule has 2 heterocycles. The Balaban J connectivity index is 1.74. The Labute approximate surface area is 143 Å². The highest BCUT2D eigenvalue weighted by atomic mass is 32.1. The number of Topliss-reactive ketones (excluding diaryl/α,β-unsaturated/α-hetero) is 1. The number of allylic oxidation sites excluding steroid dienone is 2. The molecule has 0 saturated heterocycles. The summed E-state index contributed by atoms with van der Waals surface area (Å²) in [5.41, 5.74) is 2.29. The van der Waals surface area contributed by atoms with E-state index >= 15 is 0 Å². The summed E-state index contributed by atoms with van der Waals surface area (Å²) in [4.78, 5) is 26.2. The van der Waals surface area contributed by atoms with E-state index in [9.17, 15) is 14.7 Å². The van der Waals surface area contributed by atoms with Crippen LogP contribution in [0.1, 0.15) is 41.5 Å². The minimum absolute atomic E-state index is 0.0678. The predicted octanol–water partition coefficient (Wildman–Crippen LogP) is 3.46. The molecule has 0 radical (unpaired) electrons. The van der Waals surface area contributed by atoms with E-state index in [1.807, 2.05) is 23.6 Å². The summed E-state index contributed by atoms with van der Waals surface area (Å²) in [5.74, 6) is 0.0576. The van der Waals surface area contributed by atoms with E-state index in [0.717, 1.165) is 11.3 Å². The number of nitrogens with one attached hydrogen (secondary N) is 1. The SMILES string of the molecule is O=C1C[C@@H](c2cccc(O)c2)C2=C(C[C@@H](c3cccs3)CC2=O)N1. The second-order valence-corrected chi connectivity index (χ2v) is 7.32. The molecule has 5 heteroatoms. The first-order chi connectivity index (χ1) is 11.6. The first-order valence-corrected chi connectivity index (χ1v) is 8.88. The van der Waals surface area contributed by atoms with Gasteiger partial charge in [-0.2, -0.15) is 0 Å². The number of aromatic hydroxyl groups is 1. The van der Waals surface area contributed by atoms with E-state index in [1.165, 1.54) is 4.88 Å². The fourth-order valence-electron chi connectivity index (χ4n) is 3.71. The van der Waals surface area contributed by atoms with E-state index in [2.05, 4.69) is 5.32 Å². The molecule has 1 aliphatic heterocycles. The Morgan fingerprint density at radius 3 is 2.71 bits per heavy atom. The number of hydrogen-bond donors (Lipinski definition) is 2. The van der Waals surface area contributed by atoms with E-state index < -0.39 is 0 Å². The number of ketones is 1. The van der Waals surface area contributed by atoms with Crippen LogP contribution in [0.4, 0.5) is 0 Å². The van der Waals surface area contributed by atoms with Crippen molar-refractivity contribution >= 4 is 23.0 Å². The maximum atomic E-state index is 12.8. The fraction of sp³-hybridized carbons (Fsp3) is 0.263. The lowest BCUT2D eigenvalue weighted by molar-refractivity contribution is -0.122. The molecule has 1 amide bonds. The molecule has 0 unspecified atom stereocenters. The Morgan fingerprint density at radius 2 is 1.96 bits per heavy atom. The Bertz CT molecular complexity index is 838. The molecule has 4 nitrogen and oxygen atoms in total. The van der Waals surface area contributed by atoms with Crippen LogP contribution in [-0.2, 0) is 9.59 Å². The molecule has 24 heavy (non-hydrogen) atoms. The third-order valence-electron chi connectivity index (χ3n) is 4.75. The van der Waals surface area contributed by atoms with Crippen LogP contribution in [0.2, 0.25) is 0 Å². The number of benzene rings is 1. The Hall–Kier alpha value is -2.40. The molecule has 2 atom stereocenters. The number of rotatable bonds is 2. The molecule has 2 aliphatic rings. The van der Waals surface area contributed by atoms with Gasteiger partial charge in [-0.3, -0.25) is 9.59 Å². The minimum atomic E-state index is -0.266. The van der Waals surface area contributed by atoms with Gasteiger partial charge in [-0.25, -0.2) is 0 Å². The van der Waals surface area contributed by atoms with Crippen LogP contribution >= 0.6 is 11.3 Å². The van der Waals surface area contributed by atoms with Crippen LogP contribution in [0.15, 0.2) is 53.0 Å². The molecule has 4 rings (SSSR count). The predicted molar refractivity (Wildman–Crippen MR) is 91.9 cm³/mol. The van der Waals surface area contributed by atoms with Crippen LogP contribution < -0.4 is 5.32 Å². The molecule has 122 valence electrons. The number of phenolic OH excluding ortho intramolecular Hbond substituents is 1. The van der Waals surface area contributed by atoms with Crippen molar-refractivity contribution in [3.8, 4) is 5.75 Å². The topological polar surface area (TPSA) is 66.4 Å². The Kier molecular flexibility index (Phi) is 3.73. The van der Waals surface area contributed by atoms with Gasteiger partial charge in [0.05, 0.1) is 0 Å². The van der Waals surface area contributed by atoms with Gasteiger partial charge in [-0.1, -0.05) is 18.2 Å². The summed E-state index contributed by atoms with van der Waals surface area (Å²) < 4.78 is 0. The normalized spacial score (nSPS) is 23.8. The lowest BCUT2D eigenvalue weighted by atomic mass is 9.75. The maximum absolute atomic E-state index is 12.8. The first-order valence-electron chi connectivity index (χ1n) is 8.00. The van der Waals surface area contributed by atoms with Gasteiger partial charge in [0.25, 0.3) is 0 Å². The summed E-state index contributed by atoms with van der Waals surface area (Å²) in [6.45, 7) is 0. The molecule has 0 spiro atoms. The summed E-state index contributed by atoms with van der Waals surface area (Å²) >= 11 is 1.65. The summed E-state index contributed by atoms with van der Waals surface area (Å²) in [6, 6.07) is 10.9. The smallest absolute Gasteiger partial charge is 0.225 e. The van der Waals surface area contributed by atoms with Crippen molar-refractivity contribution in [2.45, 2.75) is 31.1 Å². The number of phenols is 1. The van der Waals surface area contributed by atoms with Gasteiger partial charge in [0.2, 0.25) is 5.91 Å². The molecule has 1 aromatic heterocycles. The first kappa shape index (κ1) is 15.1. The molecule has 1 aliphatic carbocycles. The van der Waals surface area contributed by atoms with Crippen LogP contribution in [-0.4, -0.2) is 16.8 Å². The molecular weight excluding hydrogens is 322 g/mol. The summed E-state index contributed by atoms with van der Waals surface area (Å²) in [6.07, 6.45) is 1.41. The van der Waals surface area contributed by atoms with Gasteiger partial charge >= 0.3 is 0 Å². The average molecular weight is 339 g/mol. The highest BCUT2D eigenvalue weighted by molar-refractivity contribution is 7.10. The molecule has 2 N–H and O–H groups in total. The van der Waals surface area contributed by atoms with Crippen LogP contribution in [0.3, 0.4) is 0 Å². The maximum Gasteiger partial charge on any atom is 0.225 e. The standard InChI is InChI=1S/C19H17NO3S/c21-13-4-1-3-11(7-13)14-10-18(23)20-15-8-12(9-16(22)19(14)15)17-5-2-6-24-17/h1-7,12,14,21H,8-10H2,(H,20,23)/t12-,14+/m1/s1. The van der Waals surface area contributed by atoms with Crippen molar-refractivity contribution in [3.05, 3.63) is 63.5 Å². The largest absolute Gasteiger partial charge is 0.508 e. The molecular formula is C19H17NO3S. The number of carbonyl (C=O) groups excluding carboxylic acids is 2. The van der Waals surface area contributed by atoms with Gasteiger partial charge in [0.1, 0.15) is 5.75 Å². The van der Waals surface area contributed by atoms with Gasteiger partial charge in [-0.05, 0) is 35.6 Å². The average Bonchev–Trinajstić information content (AvgIpc) is 3.08. The lowest BCUT2D eigenvalue weighted by Crippen LogP contribution is -2.38. The lowest BCUT2D eigenvalue weighted by Gasteiger charge is -2.34. The van der Waals surface area contributed by atoms with Crippen molar-refractivity contribution in [1.29, 1.82) is 0 Å². The monoisotopic (exact) mass is 339 g/mol. The highest BCUT2D eigenvalue weighted by Crippen LogP contribution is 2.43. The van der Waals surface area contributed by atoms with Crippen LogP contribution in [0.5, 0.6) is 5.75 Å². The van der Waals surface area contributed by atoms with E-state index in [0.29, 0.717) is 18.4 Å². The minimum Gasteiger partial charge on any atom is -0.508 e. The molecule has 1 aromatic carbocycles. The van der Waals surface area contributed by atoms with Gasteiger partial charge in [-0.15, -0.1) is 11.3 Å². The van der Waals surface area contributed by atoms with Crippen molar-refractivity contribution in [2.24, 2.45) is 0 Å². The van der Waals surface area contributed by atoms with Gasteiger partial charge in [0, 0.05) is 40.8 Å². The third kappa shape index (κ3) is 2.65. The van der Waals surface area contributed by atoms with Crippen molar-refractivity contribution < 1.29 is 14.7 Å². The number of carbonyl (C=O) groups is 2. The highest BCUT2D eigenvalue weighted by Gasteiger charge is 2.38. The third-order valence-corrected chi connectivity index (χ3v) is 5.79. The van der Waals surface area contributed by atoms with Gasteiger partial charge < -0.3 is 10.4 Å². The Morgan fingerprint density at radius 1 is 1.08 bits per heavy atom. The second-order valence-electron chi connectivity index (χ2n) is 6.34. The molecule has 0 saturated carbocycles. The number of hydrogen-bond acceptors (Lipinski definition) is 4. The van der Waals surface area contributed by atoms with E-state index in [4.69, 9.17) is 0 Å². The summed E-state index contributed by atoms with van der Waals surface area (Å²) in [7, 11) is 0. The molecule has 0 fully saturated rings. The fourth-order valence-corrected chi connectivity index (χ4v) is 4.54.